The van der Waals surface area contributed by atoms with Gasteiger partial charge < -0.3 is 9.64 Å². The van der Waals surface area contributed by atoms with E-state index in [4.69, 9.17) is 4.74 Å². The molecule has 0 saturated heterocycles. The lowest BCUT2D eigenvalue weighted by Crippen LogP contribution is -2.16. The third-order valence-corrected chi connectivity index (χ3v) is 3.92. The first-order chi connectivity index (χ1) is 13.7. The number of carbonyl (C=O) groups is 1. The molecule has 0 aliphatic rings. The number of ether oxygens (including phenoxy) is 1. The van der Waals surface area contributed by atoms with Gasteiger partial charge in [-0.15, -0.1) is 0 Å². The van der Waals surface area contributed by atoms with Crippen LogP contribution in [0.1, 0.15) is 64.7 Å². The van der Waals surface area contributed by atoms with Gasteiger partial charge in [-0.25, -0.2) is 0 Å². The minimum Gasteiger partial charge on any atom is -0.466 e. The van der Waals surface area contributed by atoms with Gasteiger partial charge in [-0.1, -0.05) is 67.7 Å². The van der Waals surface area contributed by atoms with E-state index < -0.39 is 0 Å². The van der Waals surface area contributed by atoms with E-state index in [1.54, 1.807) is 0 Å². The summed E-state index contributed by atoms with van der Waals surface area (Å²) in [4.78, 5) is 13.7. The monoisotopic (exact) mass is 387 g/mol. The molecule has 0 heterocycles. The van der Waals surface area contributed by atoms with Gasteiger partial charge in [-0.3, -0.25) is 4.79 Å². The average Bonchev–Trinajstić information content (AvgIpc) is 2.67. The summed E-state index contributed by atoms with van der Waals surface area (Å²) in [5, 5.41) is 0. The SMILES string of the molecule is CC/C=C\C/C=C\C/C=C\C/C=C\C/C=C\CCCC(=O)OCCCN(C)C. The molecule has 0 aromatic carbocycles. The van der Waals surface area contributed by atoms with Crippen molar-refractivity contribution in [3.63, 3.8) is 0 Å². The molecule has 0 rings (SSSR count). The number of rotatable bonds is 17. The van der Waals surface area contributed by atoms with Crippen LogP contribution < -0.4 is 0 Å². The highest BCUT2D eigenvalue weighted by Crippen LogP contribution is 2.01. The van der Waals surface area contributed by atoms with Gasteiger partial charge in [-0.2, -0.15) is 0 Å². The molecule has 0 N–H and O–H groups in total. The van der Waals surface area contributed by atoms with Gasteiger partial charge in [0.25, 0.3) is 0 Å². The number of unbranched alkanes of at least 4 members (excludes halogenated alkanes) is 1. The van der Waals surface area contributed by atoms with Gasteiger partial charge >= 0.3 is 5.97 Å². The average molecular weight is 388 g/mol. The number of carbonyl (C=O) groups excluding carboxylic acids is 1. The molecule has 0 saturated carbocycles. The summed E-state index contributed by atoms with van der Waals surface area (Å²) in [6.07, 6.45) is 30.2. The van der Waals surface area contributed by atoms with E-state index in [9.17, 15) is 4.79 Å². The van der Waals surface area contributed by atoms with Crippen molar-refractivity contribution >= 4 is 5.97 Å². The second kappa shape index (κ2) is 21.4. The highest BCUT2D eigenvalue weighted by molar-refractivity contribution is 5.69. The van der Waals surface area contributed by atoms with Crippen LogP contribution in [0.4, 0.5) is 0 Å². The van der Waals surface area contributed by atoms with Crippen molar-refractivity contribution in [2.24, 2.45) is 0 Å². The van der Waals surface area contributed by atoms with Crippen LogP contribution in [-0.4, -0.2) is 38.1 Å². The van der Waals surface area contributed by atoms with Crippen molar-refractivity contribution in [3.8, 4) is 0 Å². The molecule has 0 aliphatic carbocycles. The summed E-state index contributed by atoms with van der Waals surface area (Å²) in [6.45, 7) is 3.63. The summed E-state index contributed by atoms with van der Waals surface area (Å²) in [6, 6.07) is 0. The van der Waals surface area contributed by atoms with Gasteiger partial charge in [0, 0.05) is 13.0 Å². The van der Waals surface area contributed by atoms with Crippen LogP contribution in [0.3, 0.4) is 0 Å². The number of nitrogens with zero attached hydrogens (tertiary/aromatic N) is 1. The van der Waals surface area contributed by atoms with Crippen LogP contribution in [0.25, 0.3) is 0 Å². The summed E-state index contributed by atoms with van der Waals surface area (Å²) in [7, 11) is 4.04. The molecular formula is C25H41NO2. The van der Waals surface area contributed by atoms with Crippen molar-refractivity contribution in [3.05, 3.63) is 60.8 Å². The van der Waals surface area contributed by atoms with Gasteiger partial charge in [0.2, 0.25) is 0 Å². The molecule has 0 aromatic heterocycles. The van der Waals surface area contributed by atoms with E-state index in [0.29, 0.717) is 13.0 Å². The molecule has 0 aromatic rings. The van der Waals surface area contributed by atoms with Gasteiger partial charge in [-0.05, 0) is 65.5 Å². The van der Waals surface area contributed by atoms with Crippen LogP contribution in [0.15, 0.2) is 60.8 Å². The maximum absolute atomic E-state index is 11.6. The molecule has 0 aliphatic heterocycles. The number of allylic oxidation sites excluding steroid dienone is 10. The molecule has 0 unspecified atom stereocenters. The quantitative estimate of drug-likeness (QED) is 0.164. The van der Waals surface area contributed by atoms with Gasteiger partial charge in [0.05, 0.1) is 6.61 Å². The number of esters is 1. The van der Waals surface area contributed by atoms with Gasteiger partial charge in [0.15, 0.2) is 0 Å². The minimum atomic E-state index is -0.0777. The third kappa shape index (κ3) is 22.2. The zero-order valence-corrected chi connectivity index (χ0v) is 18.3. The topological polar surface area (TPSA) is 29.5 Å². The van der Waals surface area contributed by atoms with E-state index in [1.165, 1.54) is 0 Å². The number of hydrogen-bond acceptors (Lipinski definition) is 3. The maximum Gasteiger partial charge on any atom is 0.305 e. The van der Waals surface area contributed by atoms with E-state index in [0.717, 1.165) is 57.9 Å². The second-order valence-corrected chi connectivity index (χ2v) is 6.98. The van der Waals surface area contributed by atoms with Crippen molar-refractivity contribution in [1.82, 2.24) is 4.90 Å². The van der Waals surface area contributed by atoms with Gasteiger partial charge in [0.1, 0.15) is 0 Å². The molecule has 0 atom stereocenters. The fourth-order valence-corrected chi connectivity index (χ4v) is 2.37. The van der Waals surface area contributed by atoms with Crippen LogP contribution in [-0.2, 0) is 9.53 Å². The smallest absolute Gasteiger partial charge is 0.305 e. The Hall–Kier alpha value is -1.87. The molecule has 0 fully saturated rings. The van der Waals surface area contributed by atoms with Crippen molar-refractivity contribution in [2.75, 3.05) is 27.2 Å². The molecule has 0 spiro atoms. The molecule has 0 radical (unpaired) electrons. The Morgan fingerprint density at radius 2 is 1.25 bits per heavy atom. The van der Waals surface area contributed by atoms with Crippen LogP contribution in [0.2, 0.25) is 0 Å². The van der Waals surface area contributed by atoms with Crippen LogP contribution in [0.5, 0.6) is 0 Å². The second-order valence-electron chi connectivity index (χ2n) is 6.98. The van der Waals surface area contributed by atoms with Crippen molar-refractivity contribution in [1.29, 1.82) is 0 Å². The van der Waals surface area contributed by atoms with Crippen LogP contribution in [0, 0.1) is 0 Å². The lowest BCUT2D eigenvalue weighted by molar-refractivity contribution is -0.143. The Labute approximate surface area is 173 Å². The maximum atomic E-state index is 11.6. The molecular weight excluding hydrogens is 346 g/mol. The largest absolute Gasteiger partial charge is 0.466 e. The Balaban J connectivity index is 3.50. The molecule has 3 nitrogen and oxygen atoms in total. The highest BCUT2D eigenvalue weighted by atomic mass is 16.5. The summed E-state index contributed by atoms with van der Waals surface area (Å²) >= 11 is 0. The normalized spacial score (nSPS) is 12.7. The molecule has 3 heteroatoms. The van der Waals surface area contributed by atoms with Crippen molar-refractivity contribution in [2.45, 2.75) is 64.7 Å². The lowest BCUT2D eigenvalue weighted by atomic mass is 10.2. The zero-order chi connectivity index (χ0) is 20.7. The Morgan fingerprint density at radius 3 is 1.75 bits per heavy atom. The summed E-state index contributed by atoms with van der Waals surface area (Å²) < 4.78 is 5.21. The third-order valence-electron chi connectivity index (χ3n) is 3.92. The summed E-state index contributed by atoms with van der Waals surface area (Å²) in [5.74, 6) is -0.0777. The predicted octanol–water partition coefficient (Wildman–Crippen LogP) is 6.40. The van der Waals surface area contributed by atoms with E-state index in [1.807, 2.05) is 14.1 Å². The first kappa shape index (κ1) is 26.1. The van der Waals surface area contributed by atoms with Crippen molar-refractivity contribution < 1.29 is 9.53 Å². The van der Waals surface area contributed by atoms with E-state index in [2.05, 4.69) is 72.6 Å². The predicted molar refractivity (Wildman–Crippen MR) is 122 cm³/mol. The molecule has 28 heavy (non-hydrogen) atoms. The fraction of sp³-hybridized carbons (Fsp3) is 0.560. The zero-order valence-electron chi connectivity index (χ0n) is 18.3. The van der Waals surface area contributed by atoms with Crippen LogP contribution >= 0.6 is 0 Å². The Morgan fingerprint density at radius 1 is 0.750 bits per heavy atom. The lowest BCUT2D eigenvalue weighted by Gasteiger charge is -2.09. The molecule has 0 bridgehead atoms. The Bertz CT molecular complexity index is 499. The van der Waals surface area contributed by atoms with E-state index >= 15 is 0 Å². The van der Waals surface area contributed by atoms with E-state index in [-0.39, 0.29) is 5.97 Å². The standard InChI is InChI=1S/C25H41NO2/c1-4-5-6-7-8-9-10-11-12-13-14-15-16-17-18-19-20-22-25(27)28-24-21-23-26(2)3/h5-6,8-9,11-12,14-15,17-18H,4,7,10,13,16,19-24H2,1-3H3/b6-5-,9-8-,12-11-,15-14-,18-17-. The summed E-state index contributed by atoms with van der Waals surface area (Å²) in [5.41, 5.74) is 0. The molecule has 0 amide bonds. The first-order valence-electron chi connectivity index (χ1n) is 10.7. The minimum absolute atomic E-state index is 0.0777. The highest BCUT2D eigenvalue weighted by Gasteiger charge is 2.01. The Kier molecular flexibility index (Phi) is 20.0. The number of hydrogen-bond donors (Lipinski definition) is 0. The first-order valence-corrected chi connectivity index (χ1v) is 10.7. The fourth-order valence-electron chi connectivity index (χ4n) is 2.37. The molecule has 158 valence electrons.